The minimum Gasteiger partial charge on any atom is -0.477 e. The lowest BCUT2D eigenvalue weighted by molar-refractivity contribution is -0.165. The number of hydrogen-bond acceptors (Lipinski definition) is 3. The molecule has 0 amide bonds. The Balaban J connectivity index is 1.89. The molecule has 0 aliphatic heterocycles. The molecule has 1 aromatic heterocycles. The van der Waals surface area contributed by atoms with E-state index in [1.807, 2.05) is 24.3 Å². The lowest BCUT2D eigenvalue weighted by Gasteiger charge is -2.10. The van der Waals surface area contributed by atoms with Crippen LogP contribution in [0.1, 0.15) is 11.3 Å². The summed E-state index contributed by atoms with van der Waals surface area (Å²) in [4.78, 5) is 11.3. The van der Waals surface area contributed by atoms with Crippen LogP contribution >= 0.6 is 27.3 Å². The molecule has 2 rings (SSSR count). The van der Waals surface area contributed by atoms with Gasteiger partial charge < -0.3 is 10.4 Å². The largest absolute Gasteiger partial charge is 0.477 e. The van der Waals surface area contributed by atoms with Crippen molar-refractivity contribution in [2.45, 2.75) is 18.9 Å². The Morgan fingerprint density at radius 3 is 2.85 bits per heavy atom. The van der Waals surface area contributed by atoms with Gasteiger partial charge in [0, 0.05) is 33.6 Å². The number of nitrogens with one attached hydrogen (secondary N) is 1. The molecule has 20 heavy (non-hydrogen) atoms. The van der Waals surface area contributed by atoms with Crippen LogP contribution < -0.4 is 5.32 Å². The maximum atomic E-state index is 12.8. The summed E-state index contributed by atoms with van der Waals surface area (Å²) < 4.78 is 27.8. The summed E-state index contributed by atoms with van der Waals surface area (Å²) in [7, 11) is 0. The van der Waals surface area contributed by atoms with Gasteiger partial charge in [-0.3, -0.25) is 0 Å². The Bertz CT molecular complexity index is 630. The molecule has 0 radical (unpaired) electrons. The van der Waals surface area contributed by atoms with Gasteiger partial charge in [-0.2, -0.15) is 8.78 Å². The first-order valence-electron chi connectivity index (χ1n) is 5.88. The van der Waals surface area contributed by atoms with Crippen molar-refractivity contribution < 1.29 is 18.7 Å². The Morgan fingerprint density at radius 2 is 2.15 bits per heavy atom. The number of alkyl halides is 2. The third-order valence-electron chi connectivity index (χ3n) is 2.76. The summed E-state index contributed by atoms with van der Waals surface area (Å²) >= 11 is 4.97. The van der Waals surface area contributed by atoms with Crippen molar-refractivity contribution in [1.82, 2.24) is 5.32 Å². The lowest BCUT2D eigenvalue weighted by atomic mass is 10.2. The van der Waals surface area contributed by atoms with E-state index in [4.69, 9.17) is 5.11 Å². The van der Waals surface area contributed by atoms with Crippen molar-refractivity contribution in [3.8, 4) is 0 Å². The summed E-state index contributed by atoms with van der Waals surface area (Å²) in [5, 5.41) is 12.2. The maximum absolute atomic E-state index is 12.8. The molecule has 1 heterocycles. The van der Waals surface area contributed by atoms with Crippen molar-refractivity contribution >= 4 is 43.3 Å². The van der Waals surface area contributed by atoms with Crippen molar-refractivity contribution in [2.24, 2.45) is 0 Å². The second-order valence-corrected chi connectivity index (χ2v) is 6.42. The van der Waals surface area contributed by atoms with Crippen LogP contribution in [0.3, 0.4) is 0 Å². The van der Waals surface area contributed by atoms with Gasteiger partial charge in [0.25, 0.3) is 0 Å². The van der Waals surface area contributed by atoms with E-state index in [-0.39, 0.29) is 6.54 Å². The predicted molar refractivity (Wildman–Crippen MR) is 78.4 cm³/mol. The average molecular weight is 364 g/mol. The molecule has 0 aliphatic rings. The van der Waals surface area contributed by atoms with Crippen LogP contribution in [-0.2, 0) is 11.3 Å². The number of aliphatic carboxylic acids is 1. The Hall–Kier alpha value is -1.05. The number of rotatable bonds is 6. The lowest BCUT2D eigenvalue weighted by Crippen LogP contribution is -2.32. The van der Waals surface area contributed by atoms with E-state index < -0.39 is 18.3 Å². The van der Waals surface area contributed by atoms with E-state index >= 15 is 0 Å². The van der Waals surface area contributed by atoms with Gasteiger partial charge in [0.2, 0.25) is 0 Å². The zero-order chi connectivity index (χ0) is 14.8. The number of carboxylic acid groups (broad SMARTS) is 1. The molecule has 0 spiro atoms. The molecule has 0 bridgehead atoms. The van der Waals surface area contributed by atoms with E-state index in [1.54, 1.807) is 11.3 Å². The van der Waals surface area contributed by atoms with Crippen LogP contribution in [0.4, 0.5) is 8.78 Å². The van der Waals surface area contributed by atoms with Crippen LogP contribution in [0, 0.1) is 0 Å². The first kappa shape index (κ1) is 15.3. The quantitative estimate of drug-likeness (QED) is 0.766. The highest BCUT2D eigenvalue weighted by atomic mass is 79.9. The van der Waals surface area contributed by atoms with Crippen LogP contribution in [0.25, 0.3) is 10.1 Å². The molecule has 2 aromatic rings. The molecule has 0 aliphatic carbocycles. The molecule has 108 valence electrons. The summed E-state index contributed by atoms with van der Waals surface area (Å²) in [6, 6.07) is 7.93. The average Bonchev–Trinajstić information content (AvgIpc) is 2.76. The molecular formula is C13H12BrF2NO2S. The monoisotopic (exact) mass is 363 g/mol. The zero-order valence-corrected chi connectivity index (χ0v) is 12.7. The van der Waals surface area contributed by atoms with Gasteiger partial charge in [-0.1, -0.05) is 15.9 Å². The Kier molecular flexibility index (Phi) is 4.72. The zero-order valence-electron chi connectivity index (χ0n) is 10.3. The third-order valence-corrected chi connectivity index (χ3v) is 4.37. The Morgan fingerprint density at radius 1 is 1.40 bits per heavy atom. The van der Waals surface area contributed by atoms with E-state index in [1.165, 1.54) is 0 Å². The van der Waals surface area contributed by atoms with E-state index in [2.05, 4.69) is 21.2 Å². The van der Waals surface area contributed by atoms with Crippen LogP contribution in [0.15, 0.2) is 28.7 Å². The van der Waals surface area contributed by atoms with Gasteiger partial charge in [-0.25, -0.2) is 4.79 Å². The summed E-state index contributed by atoms with van der Waals surface area (Å²) in [5.41, 5.74) is 0. The number of fused-ring (bicyclic) bond motifs is 1. The predicted octanol–water partition coefficient (Wildman–Crippen LogP) is 3.86. The number of benzene rings is 1. The molecule has 0 atom stereocenters. The van der Waals surface area contributed by atoms with E-state index in [0.29, 0.717) is 6.54 Å². The number of carbonyl (C=O) groups is 1. The number of carboxylic acids is 1. The fourth-order valence-electron chi connectivity index (χ4n) is 1.72. The highest BCUT2D eigenvalue weighted by molar-refractivity contribution is 9.10. The van der Waals surface area contributed by atoms with Crippen LogP contribution in [0.5, 0.6) is 0 Å². The van der Waals surface area contributed by atoms with Gasteiger partial charge in [0.1, 0.15) is 0 Å². The van der Waals surface area contributed by atoms with Crippen molar-refractivity contribution in [2.75, 3.05) is 6.54 Å². The summed E-state index contributed by atoms with van der Waals surface area (Å²) in [6.07, 6.45) is -0.710. The van der Waals surface area contributed by atoms with Crippen LogP contribution in [-0.4, -0.2) is 23.5 Å². The molecule has 2 N–H and O–H groups in total. The molecule has 3 nitrogen and oxygen atoms in total. The van der Waals surface area contributed by atoms with E-state index in [0.717, 1.165) is 19.4 Å². The minimum atomic E-state index is -3.67. The second kappa shape index (κ2) is 6.15. The standard InChI is InChI=1S/C13H12BrF2NO2S/c14-9-1-2-11-8(5-9)6-10(20-11)7-17-4-3-13(15,16)12(18)19/h1-2,5-6,17H,3-4,7H2,(H,18,19). The summed E-state index contributed by atoms with van der Waals surface area (Å²) in [6.45, 7) is 0.407. The SMILES string of the molecule is O=C(O)C(F)(F)CCNCc1cc2cc(Br)ccc2s1. The molecule has 7 heteroatoms. The van der Waals surface area contributed by atoms with Gasteiger partial charge in [0.15, 0.2) is 0 Å². The molecule has 0 fully saturated rings. The maximum Gasteiger partial charge on any atom is 0.374 e. The van der Waals surface area contributed by atoms with Crippen molar-refractivity contribution in [3.05, 3.63) is 33.6 Å². The fourth-order valence-corrected chi connectivity index (χ4v) is 3.11. The normalized spacial score (nSPS) is 11.9. The van der Waals surface area contributed by atoms with Gasteiger partial charge in [0.05, 0.1) is 0 Å². The minimum absolute atomic E-state index is 0.0444. The molecular weight excluding hydrogens is 352 g/mol. The van der Waals surface area contributed by atoms with Crippen molar-refractivity contribution in [3.63, 3.8) is 0 Å². The first-order valence-corrected chi connectivity index (χ1v) is 7.49. The highest BCUT2D eigenvalue weighted by Crippen LogP contribution is 2.28. The van der Waals surface area contributed by atoms with Gasteiger partial charge >= 0.3 is 11.9 Å². The van der Waals surface area contributed by atoms with E-state index in [9.17, 15) is 13.6 Å². The van der Waals surface area contributed by atoms with Crippen LogP contribution in [0.2, 0.25) is 0 Å². The smallest absolute Gasteiger partial charge is 0.374 e. The fraction of sp³-hybridized carbons (Fsp3) is 0.308. The number of halogens is 3. The second-order valence-electron chi connectivity index (χ2n) is 4.33. The van der Waals surface area contributed by atoms with Gasteiger partial charge in [-0.15, -0.1) is 11.3 Å². The summed E-state index contributed by atoms with van der Waals surface area (Å²) in [5.74, 6) is -5.75. The number of thiophene rings is 1. The Labute approximate surface area is 126 Å². The number of hydrogen-bond donors (Lipinski definition) is 2. The molecule has 0 saturated carbocycles. The topological polar surface area (TPSA) is 49.3 Å². The van der Waals surface area contributed by atoms with Gasteiger partial charge in [-0.05, 0) is 29.7 Å². The third kappa shape index (κ3) is 3.74. The molecule has 0 saturated heterocycles. The highest BCUT2D eigenvalue weighted by Gasteiger charge is 2.37. The molecule has 1 aromatic carbocycles. The van der Waals surface area contributed by atoms with Crippen molar-refractivity contribution in [1.29, 1.82) is 0 Å². The molecule has 0 unspecified atom stereocenters. The first-order chi connectivity index (χ1) is 9.38.